The molecule has 0 unspecified atom stereocenters. The zero-order chi connectivity index (χ0) is 8.84. The smallest absolute Gasteiger partial charge is 0.0352 e. The lowest BCUT2D eigenvalue weighted by atomic mass is 10.1. The van der Waals surface area contributed by atoms with Crippen molar-refractivity contribution in [2.75, 3.05) is 0 Å². The molecule has 3 rings (SSSR count). The summed E-state index contributed by atoms with van der Waals surface area (Å²) < 4.78 is 2.80. The zero-order valence-corrected chi connectivity index (χ0v) is 8.84. The minimum absolute atomic E-state index is 1.40. The topological polar surface area (TPSA) is 0 Å². The van der Waals surface area contributed by atoms with E-state index in [0.717, 1.165) is 0 Å². The summed E-state index contributed by atoms with van der Waals surface area (Å²) in [5.41, 5.74) is 1.41. The van der Waals surface area contributed by atoms with E-state index < -0.39 is 0 Å². The Morgan fingerprint density at radius 2 is 1.85 bits per heavy atom. The molecule has 2 heteroatoms. The molecule has 0 aliphatic carbocycles. The zero-order valence-electron chi connectivity index (χ0n) is 7.20. The van der Waals surface area contributed by atoms with Crippen LogP contribution in [0.25, 0.3) is 20.2 Å². The molecule has 2 heterocycles. The number of rotatable bonds is 0. The van der Waals surface area contributed by atoms with E-state index in [0.29, 0.717) is 0 Å². The third kappa shape index (κ3) is 0.960. The molecule has 0 spiro atoms. The Balaban J connectivity index is 2.70. The molecule has 0 N–H and O–H groups in total. The Labute approximate surface area is 84.4 Å². The fourth-order valence-electron chi connectivity index (χ4n) is 1.74. The van der Waals surface area contributed by atoms with Crippen LogP contribution in [0.2, 0.25) is 0 Å². The van der Waals surface area contributed by atoms with Gasteiger partial charge in [-0.05, 0) is 41.4 Å². The predicted molar refractivity (Wildman–Crippen MR) is 61.9 cm³/mol. The van der Waals surface area contributed by atoms with Gasteiger partial charge in [0, 0.05) is 20.2 Å². The van der Waals surface area contributed by atoms with Crippen LogP contribution in [0.15, 0.2) is 29.0 Å². The van der Waals surface area contributed by atoms with Crippen molar-refractivity contribution in [3.05, 3.63) is 34.5 Å². The molecule has 2 aromatic heterocycles. The van der Waals surface area contributed by atoms with Gasteiger partial charge >= 0.3 is 0 Å². The normalized spacial score (nSPS) is 11.5. The molecule has 0 aliphatic rings. The Kier molecular flexibility index (Phi) is 1.49. The number of thiophene rings is 2. The van der Waals surface area contributed by atoms with E-state index in [2.05, 4.69) is 35.9 Å². The lowest BCUT2D eigenvalue weighted by Gasteiger charge is -1.93. The van der Waals surface area contributed by atoms with Crippen LogP contribution in [0.4, 0.5) is 0 Å². The maximum Gasteiger partial charge on any atom is 0.0352 e. The summed E-state index contributed by atoms with van der Waals surface area (Å²) in [5, 5.41) is 7.27. The van der Waals surface area contributed by atoms with Crippen LogP contribution < -0.4 is 0 Å². The lowest BCUT2D eigenvalue weighted by molar-refractivity contribution is 1.61. The van der Waals surface area contributed by atoms with Crippen molar-refractivity contribution in [3.8, 4) is 0 Å². The van der Waals surface area contributed by atoms with Crippen molar-refractivity contribution >= 4 is 42.8 Å². The van der Waals surface area contributed by atoms with Crippen molar-refractivity contribution in [1.82, 2.24) is 0 Å². The van der Waals surface area contributed by atoms with Gasteiger partial charge in [-0.1, -0.05) is 0 Å². The molecule has 0 radical (unpaired) electrons. The van der Waals surface area contributed by atoms with E-state index in [9.17, 15) is 0 Å². The minimum Gasteiger partial charge on any atom is -0.144 e. The first kappa shape index (κ1) is 7.54. The monoisotopic (exact) mass is 204 g/mol. The molecule has 0 aliphatic heterocycles. The third-order valence-electron chi connectivity index (χ3n) is 2.35. The van der Waals surface area contributed by atoms with Gasteiger partial charge in [-0.3, -0.25) is 0 Å². The largest absolute Gasteiger partial charge is 0.144 e. The van der Waals surface area contributed by atoms with Gasteiger partial charge in [0.2, 0.25) is 0 Å². The van der Waals surface area contributed by atoms with Gasteiger partial charge in [-0.25, -0.2) is 0 Å². The fourth-order valence-corrected chi connectivity index (χ4v) is 3.49. The summed E-state index contributed by atoms with van der Waals surface area (Å²) in [6, 6.07) is 6.67. The maximum absolute atomic E-state index is 2.24. The highest BCUT2D eigenvalue weighted by atomic mass is 32.1. The molecule has 0 saturated carbocycles. The number of aryl methyl sites for hydroxylation is 1. The number of hydrogen-bond donors (Lipinski definition) is 0. The SMILES string of the molecule is Cc1csc2ccc3sccc3c12. The van der Waals surface area contributed by atoms with Crippen molar-refractivity contribution < 1.29 is 0 Å². The van der Waals surface area contributed by atoms with Gasteiger partial charge in [-0.15, -0.1) is 22.7 Å². The van der Waals surface area contributed by atoms with Crippen molar-refractivity contribution in [2.24, 2.45) is 0 Å². The summed E-state index contributed by atoms with van der Waals surface area (Å²) in [6.07, 6.45) is 0. The van der Waals surface area contributed by atoms with E-state index in [1.54, 1.807) is 0 Å². The van der Waals surface area contributed by atoms with Crippen LogP contribution in [0.1, 0.15) is 5.56 Å². The number of hydrogen-bond acceptors (Lipinski definition) is 2. The van der Waals surface area contributed by atoms with E-state index in [-0.39, 0.29) is 0 Å². The summed E-state index contributed by atoms with van der Waals surface area (Å²) in [4.78, 5) is 0. The van der Waals surface area contributed by atoms with Crippen LogP contribution in [0, 0.1) is 6.92 Å². The number of benzene rings is 1. The van der Waals surface area contributed by atoms with E-state index >= 15 is 0 Å². The van der Waals surface area contributed by atoms with Crippen molar-refractivity contribution in [2.45, 2.75) is 6.92 Å². The van der Waals surface area contributed by atoms with Gasteiger partial charge in [0.1, 0.15) is 0 Å². The Morgan fingerprint density at radius 3 is 2.77 bits per heavy atom. The van der Waals surface area contributed by atoms with Crippen molar-refractivity contribution in [3.63, 3.8) is 0 Å². The molecule has 13 heavy (non-hydrogen) atoms. The molecule has 64 valence electrons. The Bertz CT molecular complexity index is 572. The van der Waals surface area contributed by atoms with Crippen LogP contribution >= 0.6 is 22.7 Å². The molecule has 0 bridgehead atoms. The van der Waals surface area contributed by atoms with E-state index in [1.165, 1.54) is 25.7 Å². The second kappa shape index (κ2) is 2.56. The molecule has 0 atom stereocenters. The second-order valence-electron chi connectivity index (χ2n) is 3.19. The third-order valence-corrected chi connectivity index (χ3v) is 4.30. The molecular weight excluding hydrogens is 196 g/mol. The van der Waals surface area contributed by atoms with Gasteiger partial charge < -0.3 is 0 Å². The Hall–Kier alpha value is -0.860. The molecule has 0 fully saturated rings. The average molecular weight is 204 g/mol. The molecule has 3 aromatic rings. The lowest BCUT2D eigenvalue weighted by Crippen LogP contribution is -1.68. The summed E-state index contributed by atoms with van der Waals surface area (Å²) in [7, 11) is 0. The second-order valence-corrected chi connectivity index (χ2v) is 5.05. The van der Waals surface area contributed by atoms with Gasteiger partial charge in [-0.2, -0.15) is 0 Å². The fraction of sp³-hybridized carbons (Fsp3) is 0.0909. The highest BCUT2D eigenvalue weighted by Gasteiger charge is 2.04. The van der Waals surface area contributed by atoms with Gasteiger partial charge in [0.25, 0.3) is 0 Å². The summed E-state index contributed by atoms with van der Waals surface area (Å²) in [5.74, 6) is 0. The first-order valence-electron chi connectivity index (χ1n) is 4.20. The average Bonchev–Trinajstić information content (AvgIpc) is 2.70. The Morgan fingerprint density at radius 1 is 1.00 bits per heavy atom. The first-order chi connectivity index (χ1) is 6.36. The molecule has 0 amide bonds. The highest BCUT2D eigenvalue weighted by Crippen LogP contribution is 2.34. The van der Waals surface area contributed by atoms with Crippen molar-refractivity contribution in [1.29, 1.82) is 0 Å². The molecular formula is C11H8S2. The quantitative estimate of drug-likeness (QED) is 0.508. The molecule has 0 saturated heterocycles. The molecule has 1 aromatic carbocycles. The van der Waals surface area contributed by atoms with Crippen LogP contribution in [0.3, 0.4) is 0 Å². The summed E-state index contributed by atoms with van der Waals surface area (Å²) in [6.45, 7) is 2.19. The highest BCUT2D eigenvalue weighted by molar-refractivity contribution is 7.19. The number of fused-ring (bicyclic) bond motifs is 3. The molecule has 0 nitrogen and oxygen atoms in total. The van der Waals surface area contributed by atoms with Crippen LogP contribution in [-0.2, 0) is 0 Å². The standard InChI is InChI=1S/C11H8S2/c1-7-6-13-10-3-2-9-8(11(7)10)4-5-12-9/h2-6H,1H3. The van der Waals surface area contributed by atoms with Crippen LogP contribution in [-0.4, -0.2) is 0 Å². The van der Waals surface area contributed by atoms with Gasteiger partial charge in [0.05, 0.1) is 0 Å². The van der Waals surface area contributed by atoms with Crippen LogP contribution in [0.5, 0.6) is 0 Å². The minimum atomic E-state index is 1.40. The van der Waals surface area contributed by atoms with Gasteiger partial charge in [0.15, 0.2) is 0 Å². The summed E-state index contributed by atoms with van der Waals surface area (Å²) >= 11 is 3.66. The predicted octanol–water partition coefficient (Wildman–Crippen LogP) is 4.42. The van der Waals surface area contributed by atoms with E-state index in [1.807, 2.05) is 22.7 Å². The first-order valence-corrected chi connectivity index (χ1v) is 5.96. The maximum atomic E-state index is 2.24. The van der Waals surface area contributed by atoms with E-state index in [4.69, 9.17) is 0 Å².